The second kappa shape index (κ2) is 12.0. The van der Waals surface area contributed by atoms with Crippen molar-refractivity contribution in [3.63, 3.8) is 0 Å². The zero-order chi connectivity index (χ0) is 28.3. The standard InChI is InChI=1S/C28H38N4O6S/c1-19(28(2,3)35)29-26(33)18-32(39(36)37)31-17-25(23-11-9-22(10-12-23)21-7-8-21)30(27(31)34)16-15-20-5-13-24(38-4)14-6-20/h5-6,9-14,19,21,25,35H,7-8,15-18H2,1-4H3,(H,29,33)(H,36,37). The van der Waals surface area contributed by atoms with Crippen molar-refractivity contribution in [2.24, 2.45) is 0 Å². The number of carbonyl (C=O) groups is 2. The van der Waals surface area contributed by atoms with Gasteiger partial charge >= 0.3 is 6.03 Å². The van der Waals surface area contributed by atoms with Gasteiger partial charge in [-0.2, -0.15) is 0 Å². The number of benzene rings is 2. The molecule has 1 saturated heterocycles. The lowest BCUT2D eigenvalue weighted by Gasteiger charge is -2.30. The monoisotopic (exact) mass is 558 g/mol. The van der Waals surface area contributed by atoms with Gasteiger partial charge in [-0.1, -0.05) is 40.8 Å². The number of ether oxygens (including phenoxy) is 1. The largest absolute Gasteiger partial charge is 0.497 e. The first kappa shape index (κ1) is 29.0. The molecule has 212 valence electrons. The number of nitrogens with one attached hydrogen (secondary N) is 1. The van der Waals surface area contributed by atoms with Crippen molar-refractivity contribution in [3.05, 3.63) is 65.2 Å². The van der Waals surface area contributed by atoms with E-state index in [9.17, 15) is 23.5 Å². The van der Waals surface area contributed by atoms with E-state index < -0.39 is 41.4 Å². The van der Waals surface area contributed by atoms with Gasteiger partial charge in [0.15, 0.2) is 0 Å². The van der Waals surface area contributed by atoms with E-state index in [-0.39, 0.29) is 12.6 Å². The van der Waals surface area contributed by atoms with Crippen molar-refractivity contribution < 1.29 is 28.2 Å². The van der Waals surface area contributed by atoms with Crippen molar-refractivity contribution >= 4 is 23.2 Å². The molecule has 0 spiro atoms. The fourth-order valence-electron chi connectivity index (χ4n) is 4.61. The van der Waals surface area contributed by atoms with Crippen LogP contribution in [0.1, 0.15) is 62.3 Å². The molecule has 1 saturated carbocycles. The van der Waals surface area contributed by atoms with Gasteiger partial charge in [0.05, 0.1) is 31.3 Å². The van der Waals surface area contributed by atoms with Crippen molar-refractivity contribution in [2.45, 2.75) is 63.6 Å². The van der Waals surface area contributed by atoms with Crippen LogP contribution in [0.3, 0.4) is 0 Å². The molecular formula is C28H38N4O6S. The second-order valence-electron chi connectivity index (χ2n) is 10.8. The minimum Gasteiger partial charge on any atom is -0.497 e. The highest BCUT2D eigenvalue weighted by molar-refractivity contribution is 7.76. The van der Waals surface area contributed by atoms with Crippen LogP contribution in [0.15, 0.2) is 48.5 Å². The summed E-state index contributed by atoms with van der Waals surface area (Å²) in [7, 11) is 1.61. The quantitative estimate of drug-likeness (QED) is 0.344. The fourth-order valence-corrected chi connectivity index (χ4v) is 5.14. The number of methoxy groups -OCH3 is 1. The third kappa shape index (κ3) is 7.16. The van der Waals surface area contributed by atoms with Crippen LogP contribution >= 0.6 is 0 Å². The van der Waals surface area contributed by atoms with Crippen LogP contribution in [0.25, 0.3) is 0 Å². The minimum absolute atomic E-state index is 0.116. The molecule has 2 fully saturated rings. The van der Waals surface area contributed by atoms with E-state index in [1.807, 2.05) is 36.4 Å². The van der Waals surface area contributed by atoms with Gasteiger partial charge in [0.25, 0.3) is 11.3 Å². The summed E-state index contributed by atoms with van der Waals surface area (Å²) in [6.45, 7) is 4.74. The number of hydrazine groups is 1. The molecule has 0 bridgehead atoms. The number of amides is 3. The summed E-state index contributed by atoms with van der Waals surface area (Å²) in [4.78, 5) is 28.1. The number of aliphatic hydroxyl groups is 1. The van der Waals surface area contributed by atoms with Crippen LogP contribution in [0.2, 0.25) is 0 Å². The smallest absolute Gasteiger partial charge is 0.336 e. The molecule has 3 atom stereocenters. The SMILES string of the molecule is COc1ccc(CCN2C(=O)N(N(CC(=O)NC(C)C(C)(C)O)S(=O)O)CC2c2ccc(C3CC3)cc2)cc1. The summed E-state index contributed by atoms with van der Waals surface area (Å²) >= 11 is -2.63. The van der Waals surface area contributed by atoms with Gasteiger partial charge in [0.2, 0.25) is 5.91 Å². The van der Waals surface area contributed by atoms with Crippen LogP contribution in [0.5, 0.6) is 5.75 Å². The molecule has 10 nitrogen and oxygen atoms in total. The summed E-state index contributed by atoms with van der Waals surface area (Å²) in [5, 5.41) is 14.0. The van der Waals surface area contributed by atoms with Crippen molar-refractivity contribution in [2.75, 3.05) is 26.7 Å². The van der Waals surface area contributed by atoms with Gasteiger partial charge in [-0.05, 0) is 74.8 Å². The first-order valence-corrected chi connectivity index (χ1v) is 14.3. The summed E-state index contributed by atoms with van der Waals surface area (Å²) < 4.78 is 28.5. The maximum absolute atomic E-state index is 13.7. The molecule has 2 aromatic carbocycles. The van der Waals surface area contributed by atoms with Gasteiger partial charge in [-0.3, -0.25) is 9.35 Å². The Balaban J connectivity index is 1.54. The van der Waals surface area contributed by atoms with E-state index in [0.717, 1.165) is 21.3 Å². The van der Waals surface area contributed by atoms with Crippen LogP contribution in [0, 0.1) is 0 Å². The predicted octanol–water partition coefficient (Wildman–Crippen LogP) is 3.22. The van der Waals surface area contributed by atoms with E-state index in [4.69, 9.17) is 4.74 Å². The summed E-state index contributed by atoms with van der Waals surface area (Å²) in [6, 6.07) is 14.4. The topological polar surface area (TPSA) is 123 Å². The molecule has 3 amide bonds. The van der Waals surface area contributed by atoms with Crippen LogP contribution in [-0.4, -0.2) is 78.5 Å². The lowest BCUT2D eigenvalue weighted by molar-refractivity contribution is -0.125. The maximum atomic E-state index is 13.7. The number of nitrogens with zero attached hydrogens (tertiary/aromatic N) is 3. The van der Waals surface area contributed by atoms with Gasteiger partial charge in [-0.15, -0.1) is 0 Å². The Hall–Kier alpha value is -2.99. The molecule has 3 unspecified atom stereocenters. The van der Waals surface area contributed by atoms with Gasteiger partial charge in [0, 0.05) is 6.54 Å². The highest BCUT2D eigenvalue weighted by Gasteiger charge is 2.43. The van der Waals surface area contributed by atoms with Crippen molar-refractivity contribution in [1.29, 1.82) is 0 Å². The number of rotatable bonds is 12. The number of urea groups is 1. The zero-order valence-electron chi connectivity index (χ0n) is 22.9. The Morgan fingerprint density at radius 3 is 2.31 bits per heavy atom. The molecule has 1 heterocycles. The van der Waals surface area contributed by atoms with Crippen molar-refractivity contribution in [3.8, 4) is 5.75 Å². The first-order chi connectivity index (χ1) is 18.5. The molecule has 2 aliphatic rings. The Morgan fingerprint density at radius 2 is 1.77 bits per heavy atom. The third-order valence-corrected chi connectivity index (χ3v) is 8.21. The average Bonchev–Trinajstić information content (AvgIpc) is 3.70. The zero-order valence-corrected chi connectivity index (χ0v) is 23.7. The van der Waals surface area contributed by atoms with Gasteiger partial charge < -0.3 is 20.1 Å². The van der Waals surface area contributed by atoms with E-state index in [2.05, 4.69) is 17.4 Å². The highest BCUT2D eigenvalue weighted by atomic mass is 32.2. The van der Waals surface area contributed by atoms with E-state index in [0.29, 0.717) is 18.9 Å². The van der Waals surface area contributed by atoms with E-state index >= 15 is 0 Å². The summed E-state index contributed by atoms with van der Waals surface area (Å²) in [5.41, 5.74) is 2.04. The number of hydrogen-bond donors (Lipinski definition) is 3. The lowest BCUT2D eigenvalue weighted by atomic mass is 10.0. The Kier molecular flexibility index (Phi) is 8.95. The number of hydrogen-bond acceptors (Lipinski definition) is 5. The first-order valence-electron chi connectivity index (χ1n) is 13.2. The second-order valence-corrected chi connectivity index (χ2v) is 11.7. The molecular weight excluding hydrogens is 520 g/mol. The molecule has 3 N–H and O–H groups in total. The van der Waals surface area contributed by atoms with Crippen LogP contribution in [-0.2, 0) is 22.5 Å². The predicted molar refractivity (Wildman–Crippen MR) is 148 cm³/mol. The third-order valence-electron chi connectivity index (χ3n) is 7.52. The van der Waals surface area contributed by atoms with Gasteiger partial charge in [0.1, 0.15) is 12.3 Å². The summed E-state index contributed by atoms with van der Waals surface area (Å²) in [6.07, 6.45) is 2.95. The normalized spacial score (nSPS) is 19.4. The van der Waals surface area contributed by atoms with E-state index in [1.165, 1.54) is 23.4 Å². The molecule has 39 heavy (non-hydrogen) atoms. The van der Waals surface area contributed by atoms with E-state index in [1.54, 1.807) is 32.8 Å². The van der Waals surface area contributed by atoms with Crippen molar-refractivity contribution in [1.82, 2.24) is 19.6 Å². The molecule has 1 aliphatic heterocycles. The Labute approximate surface area is 232 Å². The Morgan fingerprint density at radius 1 is 1.15 bits per heavy atom. The highest BCUT2D eigenvalue weighted by Crippen LogP contribution is 2.41. The van der Waals surface area contributed by atoms with Gasteiger partial charge in [-0.25, -0.2) is 14.0 Å². The average molecular weight is 559 g/mol. The minimum atomic E-state index is -2.63. The lowest BCUT2D eigenvalue weighted by Crippen LogP contribution is -2.54. The van der Waals surface area contributed by atoms with Crippen LogP contribution < -0.4 is 10.1 Å². The fraction of sp³-hybridized carbons (Fsp3) is 0.500. The molecule has 11 heteroatoms. The molecule has 1 aliphatic carbocycles. The molecule has 0 aromatic heterocycles. The number of carbonyl (C=O) groups excluding carboxylic acids is 2. The molecule has 4 rings (SSSR count). The molecule has 0 radical (unpaired) electrons. The maximum Gasteiger partial charge on any atom is 0.336 e. The molecule has 2 aromatic rings. The summed E-state index contributed by atoms with van der Waals surface area (Å²) in [5.74, 6) is 0.764. The van der Waals surface area contributed by atoms with Crippen LogP contribution in [0.4, 0.5) is 4.79 Å². The Bertz CT molecular complexity index is 1180.